The second kappa shape index (κ2) is 8.16. The number of carbonyl (C=O) groups excluding carboxylic acids is 2. The van der Waals surface area contributed by atoms with E-state index in [-0.39, 0.29) is 30.8 Å². The van der Waals surface area contributed by atoms with Gasteiger partial charge in [0, 0.05) is 34.3 Å². The molecule has 6 rings (SSSR count). The van der Waals surface area contributed by atoms with E-state index in [4.69, 9.17) is 16.3 Å². The van der Waals surface area contributed by atoms with Crippen molar-refractivity contribution >= 4 is 35.1 Å². The largest absolute Gasteiger partial charge is 0.375 e. The van der Waals surface area contributed by atoms with Crippen LogP contribution >= 0.6 is 11.6 Å². The fourth-order valence-electron chi connectivity index (χ4n) is 6.44. The number of carbonyl (C=O) groups is 2. The first-order valence-corrected chi connectivity index (χ1v) is 12.1. The maximum Gasteiger partial charge on any atom is 0.250 e. The molecule has 2 saturated heterocycles. The quantitative estimate of drug-likeness (QED) is 0.526. The molecule has 1 N–H and O–H groups in total. The summed E-state index contributed by atoms with van der Waals surface area (Å²) in [7, 11) is 1.92. The molecule has 176 valence electrons. The van der Waals surface area contributed by atoms with Gasteiger partial charge in [0.05, 0.1) is 18.6 Å². The minimum absolute atomic E-state index is 0.0474. The number of ether oxygens (including phenoxy) is 1. The maximum atomic E-state index is 14.7. The molecule has 3 atom stereocenters. The molecule has 0 unspecified atom stereocenters. The SMILES string of the molecule is CN1C[C@H](c2ccccc2)[C@]2(COC/C(=C\c3ccccc3)C2=O)[C@]12C(=O)Nc1ccc(Cl)cc12. The molecule has 0 radical (unpaired) electrons. The smallest absolute Gasteiger partial charge is 0.250 e. The Morgan fingerprint density at radius 3 is 2.49 bits per heavy atom. The average Bonchev–Trinajstić information content (AvgIpc) is 3.31. The normalized spacial score (nSPS) is 29.2. The van der Waals surface area contributed by atoms with Crippen molar-refractivity contribution < 1.29 is 14.3 Å². The molecule has 0 aliphatic carbocycles. The summed E-state index contributed by atoms with van der Waals surface area (Å²) < 4.78 is 6.21. The summed E-state index contributed by atoms with van der Waals surface area (Å²) in [5.41, 5.74) is 1.51. The van der Waals surface area contributed by atoms with Gasteiger partial charge in [0.1, 0.15) is 5.54 Å². The number of ketones is 1. The van der Waals surface area contributed by atoms with Gasteiger partial charge in [0.25, 0.3) is 5.91 Å². The number of hydrogen-bond acceptors (Lipinski definition) is 4. The average molecular weight is 485 g/mol. The van der Waals surface area contributed by atoms with E-state index in [9.17, 15) is 9.59 Å². The van der Waals surface area contributed by atoms with Gasteiger partial charge in [0.15, 0.2) is 5.78 Å². The zero-order valence-corrected chi connectivity index (χ0v) is 20.1. The highest BCUT2D eigenvalue weighted by molar-refractivity contribution is 6.31. The fraction of sp³-hybridized carbons (Fsp3) is 0.241. The molecule has 3 heterocycles. The first-order valence-electron chi connectivity index (χ1n) is 11.7. The van der Waals surface area contributed by atoms with Crippen LogP contribution < -0.4 is 5.32 Å². The first-order chi connectivity index (χ1) is 17.0. The molecule has 3 aromatic carbocycles. The molecule has 0 aromatic heterocycles. The van der Waals surface area contributed by atoms with Crippen molar-refractivity contribution in [2.24, 2.45) is 5.41 Å². The molecule has 6 heteroatoms. The van der Waals surface area contributed by atoms with E-state index in [1.54, 1.807) is 6.07 Å². The lowest BCUT2D eigenvalue weighted by Crippen LogP contribution is -2.62. The zero-order chi connectivity index (χ0) is 24.2. The number of amides is 1. The van der Waals surface area contributed by atoms with Gasteiger partial charge in [0.2, 0.25) is 0 Å². The third-order valence-electron chi connectivity index (χ3n) is 7.84. The van der Waals surface area contributed by atoms with Gasteiger partial charge in [-0.15, -0.1) is 0 Å². The van der Waals surface area contributed by atoms with Crippen LogP contribution in [0.4, 0.5) is 5.69 Å². The van der Waals surface area contributed by atoms with Gasteiger partial charge >= 0.3 is 0 Å². The number of likely N-dealkylation sites (N-methyl/N-ethyl adjacent to an activating group) is 1. The topological polar surface area (TPSA) is 58.6 Å². The van der Waals surface area contributed by atoms with Crippen molar-refractivity contribution in [1.29, 1.82) is 0 Å². The van der Waals surface area contributed by atoms with Crippen LogP contribution in [-0.2, 0) is 19.9 Å². The molecule has 3 aliphatic rings. The van der Waals surface area contributed by atoms with Crippen molar-refractivity contribution in [1.82, 2.24) is 4.90 Å². The number of Topliss-reactive ketones (excluding diaryl/α,β-unsaturated/α-hetero) is 1. The zero-order valence-electron chi connectivity index (χ0n) is 19.3. The summed E-state index contributed by atoms with van der Waals surface area (Å²) >= 11 is 6.45. The van der Waals surface area contributed by atoms with E-state index < -0.39 is 11.0 Å². The van der Waals surface area contributed by atoms with E-state index in [0.717, 1.165) is 16.7 Å². The molecule has 5 nitrogen and oxygen atoms in total. The summed E-state index contributed by atoms with van der Waals surface area (Å²) in [6.45, 7) is 0.874. The van der Waals surface area contributed by atoms with Crippen LogP contribution in [0.3, 0.4) is 0 Å². The highest BCUT2D eigenvalue weighted by Gasteiger charge is 2.74. The summed E-state index contributed by atoms with van der Waals surface area (Å²) in [4.78, 5) is 30.7. The third-order valence-corrected chi connectivity index (χ3v) is 8.08. The molecular formula is C29H25ClN2O3. The van der Waals surface area contributed by atoms with Gasteiger partial charge < -0.3 is 10.1 Å². The Kier molecular flexibility index (Phi) is 5.18. The molecule has 0 saturated carbocycles. The van der Waals surface area contributed by atoms with E-state index in [0.29, 0.717) is 22.8 Å². The second-order valence-electron chi connectivity index (χ2n) is 9.57. The summed E-state index contributed by atoms with van der Waals surface area (Å²) in [6.07, 6.45) is 1.89. The molecule has 2 fully saturated rings. The lowest BCUT2D eigenvalue weighted by molar-refractivity contribution is -0.152. The number of nitrogens with one attached hydrogen (secondary N) is 1. The molecule has 35 heavy (non-hydrogen) atoms. The van der Waals surface area contributed by atoms with Gasteiger partial charge in [-0.2, -0.15) is 0 Å². The Hall–Kier alpha value is -3.25. The Balaban J connectivity index is 1.62. The first kappa shape index (κ1) is 22.2. The Bertz CT molecular complexity index is 1360. The molecule has 3 aliphatic heterocycles. The standard InChI is InChI=1S/C29H25ClN2O3/c1-32-16-24(20-10-6-3-7-11-20)28(29(32)23-15-22(30)12-13-25(23)31-27(29)34)18-35-17-21(26(28)33)14-19-8-4-2-5-9-19/h2-15,24H,16-18H2,1H3,(H,31,34)/b21-14+/t24-,28+,29+/m1/s1. The highest BCUT2D eigenvalue weighted by Crippen LogP contribution is 2.64. The second-order valence-corrected chi connectivity index (χ2v) is 10.0. The molecular weight excluding hydrogens is 460 g/mol. The van der Waals surface area contributed by atoms with E-state index in [1.165, 1.54) is 0 Å². The maximum absolute atomic E-state index is 14.7. The predicted octanol–water partition coefficient (Wildman–Crippen LogP) is 4.89. The fourth-order valence-corrected chi connectivity index (χ4v) is 6.61. The lowest BCUT2D eigenvalue weighted by atomic mass is 9.57. The minimum Gasteiger partial charge on any atom is -0.375 e. The van der Waals surface area contributed by atoms with Crippen molar-refractivity contribution in [3.8, 4) is 0 Å². The number of rotatable bonds is 2. The number of fused-ring (bicyclic) bond motifs is 3. The van der Waals surface area contributed by atoms with Crippen LogP contribution in [0, 0.1) is 5.41 Å². The number of halogens is 1. The summed E-state index contributed by atoms with van der Waals surface area (Å²) in [5, 5.41) is 3.57. The van der Waals surface area contributed by atoms with Crippen molar-refractivity contribution in [3.63, 3.8) is 0 Å². The van der Waals surface area contributed by atoms with Gasteiger partial charge in [-0.1, -0.05) is 72.3 Å². The third kappa shape index (κ3) is 3.02. The number of hydrogen-bond donors (Lipinski definition) is 1. The Morgan fingerprint density at radius 2 is 1.74 bits per heavy atom. The molecule has 1 amide bonds. The summed E-state index contributed by atoms with van der Waals surface area (Å²) in [5.74, 6) is -0.515. The van der Waals surface area contributed by atoms with Crippen LogP contribution in [-0.4, -0.2) is 43.4 Å². The van der Waals surface area contributed by atoms with E-state index in [2.05, 4.69) is 5.32 Å². The summed E-state index contributed by atoms with van der Waals surface area (Å²) in [6, 6.07) is 25.1. The van der Waals surface area contributed by atoms with Gasteiger partial charge in [-0.05, 0) is 42.4 Å². The molecule has 0 bridgehead atoms. The van der Waals surface area contributed by atoms with E-state index >= 15 is 0 Å². The van der Waals surface area contributed by atoms with Crippen LogP contribution in [0.1, 0.15) is 22.6 Å². The molecule has 3 aromatic rings. The minimum atomic E-state index is -1.25. The Labute approximate surface area is 209 Å². The highest BCUT2D eigenvalue weighted by atomic mass is 35.5. The van der Waals surface area contributed by atoms with Crippen LogP contribution in [0.5, 0.6) is 0 Å². The number of nitrogens with zero attached hydrogens (tertiary/aromatic N) is 1. The van der Waals surface area contributed by atoms with E-state index in [1.807, 2.05) is 90.8 Å². The lowest BCUT2D eigenvalue weighted by Gasteiger charge is -2.48. The Morgan fingerprint density at radius 1 is 1.03 bits per heavy atom. The molecule has 2 spiro atoms. The monoisotopic (exact) mass is 484 g/mol. The van der Waals surface area contributed by atoms with Gasteiger partial charge in [-0.3, -0.25) is 14.5 Å². The van der Waals surface area contributed by atoms with Crippen molar-refractivity contribution in [3.05, 3.63) is 106 Å². The van der Waals surface area contributed by atoms with Crippen LogP contribution in [0.15, 0.2) is 84.4 Å². The van der Waals surface area contributed by atoms with Crippen LogP contribution in [0.2, 0.25) is 5.02 Å². The van der Waals surface area contributed by atoms with Crippen molar-refractivity contribution in [2.75, 3.05) is 32.1 Å². The predicted molar refractivity (Wildman–Crippen MR) is 136 cm³/mol. The number of likely N-dealkylation sites (tertiary alicyclic amines) is 1. The van der Waals surface area contributed by atoms with Crippen molar-refractivity contribution in [2.45, 2.75) is 11.5 Å². The number of benzene rings is 3. The van der Waals surface area contributed by atoms with Gasteiger partial charge in [-0.25, -0.2) is 0 Å². The number of anilines is 1. The van der Waals surface area contributed by atoms with Crippen LogP contribution in [0.25, 0.3) is 6.08 Å².